The van der Waals surface area contributed by atoms with Crippen molar-refractivity contribution in [3.05, 3.63) is 47.6 Å². The number of Topliss-reactive ketones (excluding diaryl/α,β-unsaturated/α-hetero) is 2. The Hall–Kier alpha value is -3.00. The van der Waals surface area contributed by atoms with E-state index in [1.807, 2.05) is 53.7 Å². The number of allylic oxidation sites excluding steroid dienone is 8. The van der Waals surface area contributed by atoms with E-state index in [1.54, 1.807) is 26.0 Å². The molecule has 0 aliphatic heterocycles. The van der Waals surface area contributed by atoms with Gasteiger partial charge in [-0.2, -0.15) is 0 Å². The lowest BCUT2D eigenvalue weighted by Gasteiger charge is -2.64. The lowest BCUT2D eigenvalue weighted by molar-refractivity contribution is -0.203. The van der Waals surface area contributed by atoms with Gasteiger partial charge in [0.2, 0.25) is 5.78 Å². The van der Waals surface area contributed by atoms with Gasteiger partial charge in [-0.25, -0.2) is 0 Å². The predicted octanol–water partition coefficient (Wildman–Crippen LogP) is 6.25. The Morgan fingerprint density at radius 2 is 1.16 bits per heavy atom. The Balaban J connectivity index is 0.000000197. The van der Waals surface area contributed by atoms with Crippen molar-refractivity contribution in [2.45, 2.75) is 153 Å². The fourth-order valence-electron chi connectivity index (χ4n) is 15.3. The Morgan fingerprint density at radius 3 is 1.62 bits per heavy atom. The van der Waals surface area contributed by atoms with Crippen molar-refractivity contribution in [1.29, 1.82) is 0 Å². The number of ketones is 4. The van der Waals surface area contributed by atoms with Gasteiger partial charge in [0.25, 0.3) is 0 Å². The summed E-state index contributed by atoms with van der Waals surface area (Å²) in [5.41, 5.74) is -4.52. The number of halogens is 2. The predicted molar refractivity (Wildman–Crippen MR) is 238 cm³/mol. The van der Waals surface area contributed by atoms with Crippen molar-refractivity contribution in [1.82, 2.24) is 0 Å². The quantitative estimate of drug-likeness (QED) is 0.158. The molecule has 6 fully saturated rings. The fourth-order valence-corrected chi connectivity index (χ4v) is 16.3. The molecule has 12 nitrogen and oxygen atoms in total. The molecule has 8 aliphatic carbocycles. The van der Waals surface area contributed by atoms with Gasteiger partial charge in [0, 0.05) is 40.4 Å². The maximum atomic E-state index is 13.9. The molecule has 0 spiro atoms. The molecule has 0 radical (unpaired) electrons. The average Bonchev–Trinajstić information content (AvgIpc) is 3.59. The van der Waals surface area contributed by atoms with Crippen LogP contribution in [0.25, 0.3) is 0 Å². The van der Waals surface area contributed by atoms with Gasteiger partial charge >= 0.3 is 11.9 Å². The van der Waals surface area contributed by atoms with Crippen LogP contribution in [0.4, 0.5) is 0 Å². The normalized spacial score (nSPS) is 47.2. The second-order valence-corrected chi connectivity index (χ2v) is 22.4. The monoisotopic (exact) mass is 928 g/mol. The number of hydrogen-bond acceptors (Lipinski definition) is 12. The largest absolute Gasteiger partial charge is 0.457 e. The molecule has 0 heterocycles. The zero-order valence-corrected chi connectivity index (χ0v) is 39.9. The first-order valence-electron chi connectivity index (χ1n) is 23.2. The first-order chi connectivity index (χ1) is 29.8. The van der Waals surface area contributed by atoms with Crippen molar-refractivity contribution < 1.29 is 58.7 Å². The number of rotatable bonds is 8. The van der Waals surface area contributed by atoms with Crippen LogP contribution in [-0.2, 0) is 38.2 Å². The molecule has 0 aromatic carbocycles. The van der Waals surface area contributed by atoms with E-state index >= 15 is 0 Å². The smallest absolute Gasteiger partial charge is 0.306 e. The summed E-state index contributed by atoms with van der Waals surface area (Å²) >= 11 is 14.8. The van der Waals surface area contributed by atoms with Gasteiger partial charge < -0.3 is 29.9 Å². The molecule has 6 saturated carbocycles. The van der Waals surface area contributed by atoms with Gasteiger partial charge in [0.05, 0.1) is 22.0 Å². The molecule has 64 heavy (non-hydrogen) atoms. The third-order valence-corrected chi connectivity index (χ3v) is 20.5. The minimum absolute atomic E-state index is 0.0567. The molecule has 0 aromatic heterocycles. The van der Waals surface area contributed by atoms with Crippen LogP contribution in [0.3, 0.4) is 0 Å². The minimum atomic E-state index is -1.68. The maximum Gasteiger partial charge on any atom is 0.306 e. The first-order valence-corrected chi connectivity index (χ1v) is 23.9. The first kappa shape index (κ1) is 48.9. The van der Waals surface area contributed by atoms with Gasteiger partial charge in [-0.15, -0.1) is 23.2 Å². The van der Waals surface area contributed by atoms with Crippen LogP contribution >= 0.6 is 23.2 Å². The zero-order valence-electron chi connectivity index (χ0n) is 38.4. The van der Waals surface area contributed by atoms with E-state index in [0.717, 1.165) is 11.1 Å². The molecular formula is C50H66Cl2O12. The molecule has 0 bridgehead atoms. The van der Waals surface area contributed by atoms with Crippen LogP contribution in [0.5, 0.6) is 0 Å². The van der Waals surface area contributed by atoms with Crippen molar-refractivity contribution in [3.8, 4) is 0 Å². The summed E-state index contributed by atoms with van der Waals surface area (Å²) < 4.78 is 11.3. The Morgan fingerprint density at radius 1 is 0.703 bits per heavy atom. The molecule has 352 valence electrons. The van der Waals surface area contributed by atoms with Crippen LogP contribution in [0, 0.1) is 57.2 Å². The lowest BCUT2D eigenvalue weighted by atomic mass is 9.45. The number of fused-ring (bicyclic) bond motifs is 10. The summed E-state index contributed by atoms with van der Waals surface area (Å²) in [7, 11) is 0. The molecule has 8 aliphatic rings. The highest BCUT2D eigenvalue weighted by Gasteiger charge is 2.77. The third kappa shape index (κ3) is 6.34. The second-order valence-electron chi connectivity index (χ2n) is 21.2. The van der Waals surface area contributed by atoms with Crippen LogP contribution in [-0.4, -0.2) is 102 Å². The Labute approximate surface area is 386 Å². The summed E-state index contributed by atoms with van der Waals surface area (Å²) in [6.07, 6.45) is 12.4. The Bertz CT molecular complexity index is 2150. The van der Waals surface area contributed by atoms with E-state index in [2.05, 4.69) is 0 Å². The minimum Gasteiger partial charge on any atom is -0.457 e. The van der Waals surface area contributed by atoms with Crippen molar-refractivity contribution in [2.24, 2.45) is 57.2 Å². The summed E-state index contributed by atoms with van der Waals surface area (Å²) in [6.45, 7) is 13.6. The van der Waals surface area contributed by atoms with Crippen LogP contribution < -0.4 is 0 Å². The van der Waals surface area contributed by atoms with E-state index in [0.29, 0.717) is 38.5 Å². The van der Waals surface area contributed by atoms with Crippen LogP contribution in [0.15, 0.2) is 47.6 Å². The topological polar surface area (TPSA) is 202 Å². The number of esters is 2. The standard InChI is InChI=1S/C28H37ClO7.C22H29ClO5/c1-6-23(33)35-15-22(32)28(36-24(34)7-2)16(3)12-20-19-9-8-17-13-18(30)10-11-25(17,4)27(19,29)21(31)14-26(20,28)5;1-12-8-16-15-5-4-13-9-14(25)6-7-19(13,2)21(15,23)17(26)10-20(16,3)22(12,28)18(27)11-24/h10-11,13,16,19-21,31H,6-9,12,14-15H2,1-5H3;6-7,9,12,15-17,24,26,28H,4-5,8,10-11H2,1-3H3/t16-,19-,20-,21-,25-,26-,27-,28-;12-,15-,16-,17-,19-,20-,21-,22-/m00/s1. The SMILES string of the molecule is CCC(=O)OCC(=O)[C@@]1(OC(=O)CC)[C@@H](C)C[C@H]2[C@@H]3CCC4=CC(=O)C=C[C@]4(C)[C@@]3(Cl)[C@@H](O)C[C@@]21C.C[C@H]1C[C@H]2[C@@H]3CCC4=CC(=O)C=C[C@]4(C)[C@@]3(Cl)[C@@H](O)C[C@]2(C)[C@@]1(O)C(=O)CO. The number of alkyl halides is 2. The van der Waals surface area contributed by atoms with Gasteiger partial charge in [0.1, 0.15) is 12.2 Å². The fraction of sp³-hybridized carbons (Fsp3) is 0.720. The van der Waals surface area contributed by atoms with Gasteiger partial charge in [0.15, 0.2) is 29.6 Å². The van der Waals surface area contributed by atoms with Crippen molar-refractivity contribution in [3.63, 3.8) is 0 Å². The molecule has 8 rings (SSSR count). The maximum absolute atomic E-state index is 13.9. The van der Waals surface area contributed by atoms with E-state index in [1.165, 1.54) is 12.2 Å². The number of hydrogen-bond donors (Lipinski definition) is 4. The van der Waals surface area contributed by atoms with Crippen LogP contribution in [0.1, 0.15) is 120 Å². The third-order valence-electron chi connectivity index (χ3n) is 18.6. The van der Waals surface area contributed by atoms with E-state index in [-0.39, 0.29) is 72.8 Å². The van der Waals surface area contributed by atoms with Crippen LogP contribution in [0.2, 0.25) is 0 Å². The number of carbonyl (C=O) groups is 6. The molecule has 0 aromatic rings. The van der Waals surface area contributed by atoms with Gasteiger partial charge in [-0.05, 0) is 105 Å². The number of aliphatic hydroxyl groups excluding tert-OH is 3. The summed E-state index contributed by atoms with van der Waals surface area (Å²) in [4.78, 5) is 73.0. The molecule has 14 heteroatoms. The molecule has 0 amide bonds. The van der Waals surface area contributed by atoms with E-state index in [9.17, 15) is 49.2 Å². The molecule has 0 unspecified atom stereocenters. The summed E-state index contributed by atoms with van der Waals surface area (Å²) in [5.74, 6) is -3.39. The summed E-state index contributed by atoms with van der Waals surface area (Å²) in [6, 6.07) is 0. The molecular weight excluding hydrogens is 863 g/mol. The lowest BCUT2D eigenvalue weighted by Crippen LogP contribution is -2.69. The molecule has 0 saturated heterocycles. The van der Waals surface area contributed by atoms with Crippen molar-refractivity contribution >= 4 is 58.3 Å². The molecule has 4 N–H and O–H groups in total. The highest BCUT2D eigenvalue weighted by atomic mass is 35.5. The zero-order chi connectivity index (χ0) is 47.4. The number of carbonyl (C=O) groups excluding carboxylic acids is 6. The van der Waals surface area contributed by atoms with Crippen molar-refractivity contribution in [2.75, 3.05) is 13.2 Å². The Kier molecular flexibility index (Phi) is 12.5. The van der Waals surface area contributed by atoms with Gasteiger partial charge in [-0.1, -0.05) is 78.7 Å². The molecule has 16 atom stereocenters. The second kappa shape index (κ2) is 16.4. The summed E-state index contributed by atoms with van der Waals surface area (Å²) in [5, 5.41) is 44.1. The highest BCUT2D eigenvalue weighted by Crippen LogP contribution is 2.73. The average molecular weight is 930 g/mol. The van der Waals surface area contributed by atoms with E-state index < -0.39 is 91.5 Å². The number of ether oxygens (including phenoxy) is 2. The number of aliphatic hydroxyl groups is 4. The van der Waals surface area contributed by atoms with E-state index in [4.69, 9.17) is 32.7 Å². The highest BCUT2D eigenvalue weighted by molar-refractivity contribution is 6.26. The van der Waals surface area contributed by atoms with Gasteiger partial charge in [-0.3, -0.25) is 28.8 Å².